The van der Waals surface area contributed by atoms with E-state index >= 15 is 0 Å². The van der Waals surface area contributed by atoms with Gasteiger partial charge in [0.25, 0.3) is 0 Å². The van der Waals surface area contributed by atoms with Crippen LogP contribution in [0.3, 0.4) is 0 Å². The van der Waals surface area contributed by atoms with Crippen molar-refractivity contribution < 1.29 is 9.18 Å². The van der Waals surface area contributed by atoms with Gasteiger partial charge in [0.2, 0.25) is 5.91 Å². The van der Waals surface area contributed by atoms with Gasteiger partial charge in [0.05, 0.1) is 11.1 Å². The number of halogens is 1. The maximum atomic E-state index is 14.0. The van der Waals surface area contributed by atoms with Crippen LogP contribution in [0.15, 0.2) is 12.1 Å². The Morgan fingerprint density at radius 2 is 2.12 bits per heavy atom. The van der Waals surface area contributed by atoms with E-state index in [2.05, 4.69) is 5.32 Å². The standard InChI is InChI=1S/C12H13FN2O/c1-14-7-5-8(13)10-9(6-7)15(2)11(16)12(10)3-4-12/h5-6,14H,3-4H2,1-2H3. The molecule has 1 saturated carbocycles. The molecule has 1 fully saturated rings. The second kappa shape index (κ2) is 2.75. The molecule has 1 amide bonds. The SMILES string of the molecule is CNc1cc(F)c2c(c1)N(C)C(=O)C21CC1. The van der Waals surface area contributed by atoms with Crippen LogP contribution in [-0.4, -0.2) is 20.0 Å². The fourth-order valence-corrected chi connectivity index (χ4v) is 2.60. The summed E-state index contributed by atoms with van der Waals surface area (Å²) < 4.78 is 14.0. The van der Waals surface area contributed by atoms with Crippen molar-refractivity contribution in [2.24, 2.45) is 0 Å². The van der Waals surface area contributed by atoms with Gasteiger partial charge in [-0.1, -0.05) is 0 Å². The number of carbonyl (C=O) groups is 1. The van der Waals surface area contributed by atoms with Crippen molar-refractivity contribution in [2.75, 3.05) is 24.3 Å². The van der Waals surface area contributed by atoms with Crippen molar-refractivity contribution in [1.29, 1.82) is 0 Å². The molecule has 0 unspecified atom stereocenters. The van der Waals surface area contributed by atoms with Gasteiger partial charge < -0.3 is 10.2 Å². The highest BCUT2D eigenvalue weighted by atomic mass is 19.1. The molecule has 2 aliphatic rings. The summed E-state index contributed by atoms with van der Waals surface area (Å²) in [6, 6.07) is 3.30. The molecule has 1 aliphatic heterocycles. The summed E-state index contributed by atoms with van der Waals surface area (Å²) in [4.78, 5) is 13.6. The van der Waals surface area contributed by atoms with Crippen molar-refractivity contribution in [3.05, 3.63) is 23.5 Å². The Hall–Kier alpha value is -1.58. The fraction of sp³-hybridized carbons (Fsp3) is 0.417. The average Bonchev–Trinajstić information content (AvgIpc) is 3.03. The average molecular weight is 220 g/mol. The molecule has 84 valence electrons. The second-order valence-electron chi connectivity index (χ2n) is 4.55. The third-order valence-electron chi connectivity index (χ3n) is 3.66. The van der Waals surface area contributed by atoms with Gasteiger partial charge in [-0.05, 0) is 25.0 Å². The van der Waals surface area contributed by atoms with Crippen molar-refractivity contribution in [2.45, 2.75) is 18.3 Å². The van der Waals surface area contributed by atoms with E-state index in [1.54, 1.807) is 19.0 Å². The van der Waals surface area contributed by atoms with Crippen LogP contribution in [0.5, 0.6) is 0 Å². The zero-order chi connectivity index (χ0) is 11.5. The molecule has 3 rings (SSSR count). The maximum Gasteiger partial charge on any atom is 0.237 e. The first kappa shape index (κ1) is 9.63. The quantitative estimate of drug-likeness (QED) is 0.783. The highest BCUT2D eigenvalue weighted by Gasteiger charge is 2.59. The zero-order valence-corrected chi connectivity index (χ0v) is 9.30. The lowest BCUT2D eigenvalue weighted by molar-refractivity contribution is -0.119. The number of likely N-dealkylation sites (N-methyl/N-ethyl adjacent to an activating group) is 1. The Kier molecular flexibility index (Phi) is 1.66. The Balaban J connectivity index is 2.26. The smallest absolute Gasteiger partial charge is 0.237 e. The molecule has 1 aliphatic carbocycles. The van der Waals surface area contributed by atoms with E-state index in [4.69, 9.17) is 0 Å². The van der Waals surface area contributed by atoms with Gasteiger partial charge in [0.15, 0.2) is 0 Å². The van der Waals surface area contributed by atoms with Gasteiger partial charge in [-0.2, -0.15) is 0 Å². The topological polar surface area (TPSA) is 32.3 Å². The van der Waals surface area contributed by atoms with Crippen molar-refractivity contribution in [1.82, 2.24) is 0 Å². The normalized spacial score (nSPS) is 20.2. The van der Waals surface area contributed by atoms with Crippen LogP contribution in [0, 0.1) is 5.82 Å². The predicted molar refractivity (Wildman–Crippen MR) is 60.3 cm³/mol. The molecule has 0 saturated heterocycles. The number of hydrogen-bond donors (Lipinski definition) is 1. The monoisotopic (exact) mass is 220 g/mol. The van der Waals surface area contributed by atoms with Gasteiger partial charge in [0.1, 0.15) is 5.82 Å². The summed E-state index contributed by atoms with van der Waals surface area (Å²) in [6.45, 7) is 0. The van der Waals surface area contributed by atoms with Crippen LogP contribution < -0.4 is 10.2 Å². The van der Waals surface area contributed by atoms with E-state index in [1.165, 1.54) is 6.07 Å². The Morgan fingerprint density at radius 1 is 1.44 bits per heavy atom. The molecule has 16 heavy (non-hydrogen) atoms. The summed E-state index contributed by atoms with van der Waals surface area (Å²) in [5.74, 6) is -0.230. The van der Waals surface area contributed by atoms with Crippen LogP contribution in [0.1, 0.15) is 18.4 Å². The lowest BCUT2D eigenvalue weighted by atomic mass is 9.97. The number of carbonyl (C=O) groups excluding carboxylic acids is 1. The summed E-state index contributed by atoms with van der Waals surface area (Å²) in [6.07, 6.45) is 1.55. The molecule has 3 nitrogen and oxygen atoms in total. The first-order chi connectivity index (χ1) is 7.60. The molecule has 4 heteroatoms. The minimum atomic E-state index is -0.527. The molecular weight excluding hydrogens is 207 g/mol. The van der Waals surface area contributed by atoms with Gasteiger partial charge in [-0.15, -0.1) is 0 Å². The Labute approximate surface area is 93.2 Å². The molecule has 1 N–H and O–H groups in total. The predicted octanol–water partition coefficient (Wildman–Crippen LogP) is 1.88. The van der Waals surface area contributed by atoms with E-state index < -0.39 is 5.41 Å². The van der Waals surface area contributed by atoms with Crippen LogP contribution in [0.25, 0.3) is 0 Å². The summed E-state index contributed by atoms with van der Waals surface area (Å²) >= 11 is 0. The van der Waals surface area contributed by atoms with Gasteiger partial charge in [-0.25, -0.2) is 4.39 Å². The number of amides is 1. The number of anilines is 2. The molecule has 0 atom stereocenters. The number of hydrogen-bond acceptors (Lipinski definition) is 2. The Bertz CT molecular complexity index is 494. The number of nitrogens with zero attached hydrogens (tertiary/aromatic N) is 1. The maximum absolute atomic E-state index is 14.0. The largest absolute Gasteiger partial charge is 0.388 e. The lowest BCUT2D eigenvalue weighted by Gasteiger charge is -2.11. The molecular formula is C12H13FN2O. The molecule has 1 aromatic rings. The van der Waals surface area contributed by atoms with Crippen molar-refractivity contribution >= 4 is 17.3 Å². The molecule has 1 spiro atoms. The first-order valence-corrected chi connectivity index (χ1v) is 5.40. The molecule has 0 bridgehead atoms. The molecule has 0 radical (unpaired) electrons. The highest BCUT2D eigenvalue weighted by molar-refractivity contribution is 6.10. The summed E-state index contributed by atoms with van der Waals surface area (Å²) in [5.41, 5.74) is 1.49. The van der Waals surface area contributed by atoms with Gasteiger partial charge in [0, 0.05) is 25.3 Å². The van der Waals surface area contributed by atoms with Crippen LogP contribution >= 0.6 is 0 Å². The van der Waals surface area contributed by atoms with Crippen LogP contribution in [0.2, 0.25) is 0 Å². The number of rotatable bonds is 1. The molecule has 0 aromatic heterocycles. The third-order valence-corrected chi connectivity index (χ3v) is 3.66. The van der Waals surface area contributed by atoms with E-state index in [1.807, 2.05) is 6.07 Å². The number of benzene rings is 1. The van der Waals surface area contributed by atoms with Crippen LogP contribution in [0.4, 0.5) is 15.8 Å². The van der Waals surface area contributed by atoms with E-state index in [9.17, 15) is 9.18 Å². The first-order valence-electron chi connectivity index (χ1n) is 5.40. The summed E-state index contributed by atoms with van der Waals surface area (Å²) in [7, 11) is 3.46. The van der Waals surface area contributed by atoms with Crippen molar-refractivity contribution in [3.8, 4) is 0 Å². The van der Waals surface area contributed by atoms with Crippen molar-refractivity contribution in [3.63, 3.8) is 0 Å². The minimum absolute atomic E-state index is 0.0367. The lowest BCUT2D eigenvalue weighted by Crippen LogP contribution is -2.28. The molecule has 1 aromatic carbocycles. The van der Waals surface area contributed by atoms with Gasteiger partial charge >= 0.3 is 0 Å². The summed E-state index contributed by atoms with van der Waals surface area (Å²) in [5, 5.41) is 2.90. The third kappa shape index (κ3) is 0.944. The van der Waals surface area contributed by atoms with Crippen LogP contribution in [-0.2, 0) is 10.2 Å². The van der Waals surface area contributed by atoms with E-state index in [-0.39, 0.29) is 11.7 Å². The number of nitrogens with one attached hydrogen (secondary N) is 1. The molecule has 1 heterocycles. The zero-order valence-electron chi connectivity index (χ0n) is 9.30. The fourth-order valence-electron chi connectivity index (χ4n) is 2.60. The highest BCUT2D eigenvalue weighted by Crippen LogP contribution is 2.58. The minimum Gasteiger partial charge on any atom is -0.388 e. The number of fused-ring (bicyclic) bond motifs is 2. The van der Waals surface area contributed by atoms with E-state index in [0.29, 0.717) is 16.9 Å². The Morgan fingerprint density at radius 3 is 2.69 bits per heavy atom. The van der Waals surface area contributed by atoms with E-state index in [0.717, 1.165) is 12.8 Å². The second-order valence-corrected chi connectivity index (χ2v) is 4.55. The van der Waals surface area contributed by atoms with Gasteiger partial charge in [-0.3, -0.25) is 4.79 Å².